The highest BCUT2D eigenvalue weighted by Gasteiger charge is 2.31. The summed E-state index contributed by atoms with van der Waals surface area (Å²) in [4.78, 5) is 11.9. The van der Waals surface area contributed by atoms with E-state index in [-0.39, 0.29) is 17.9 Å². The maximum absolute atomic E-state index is 11.9. The van der Waals surface area contributed by atoms with Crippen LogP contribution in [0.3, 0.4) is 0 Å². The Hall–Kier alpha value is -0.610. The number of rotatable bonds is 1. The van der Waals surface area contributed by atoms with Gasteiger partial charge in [-0.05, 0) is 46.5 Å². The van der Waals surface area contributed by atoms with Gasteiger partial charge in [-0.1, -0.05) is 0 Å². The van der Waals surface area contributed by atoms with Crippen LogP contribution in [0, 0.1) is 5.92 Å². The lowest BCUT2D eigenvalue weighted by atomic mass is 9.98. The van der Waals surface area contributed by atoms with Gasteiger partial charge >= 0.3 is 5.97 Å². The highest BCUT2D eigenvalue weighted by molar-refractivity contribution is 5.73. The molecular formula is C12H23NO3. The molecule has 0 amide bonds. The van der Waals surface area contributed by atoms with Gasteiger partial charge in [-0.2, -0.15) is 0 Å². The predicted octanol–water partition coefficient (Wildman–Crippen LogP) is 1.21. The zero-order chi connectivity index (χ0) is 12.3. The van der Waals surface area contributed by atoms with Gasteiger partial charge in [0.25, 0.3) is 0 Å². The van der Waals surface area contributed by atoms with Gasteiger partial charge in [0.2, 0.25) is 0 Å². The largest absolute Gasteiger partial charge is 0.460 e. The van der Waals surface area contributed by atoms with E-state index in [1.165, 1.54) is 0 Å². The zero-order valence-corrected chi connectivity index (χ0v) is 10.4. The van der Waals surface area contributed by atoms with Crippen LogP contribution >= 0.6 is 0 Å². The van der Waals surface area contributed by atoms with Crippen LogP contribution in [-0.2, 0) is 9.53 Å². The maximum Gasteiger partial charge on any atom is 0.309 e. The Bertz CT molecular complexity index is 247. The van der Waals surface area contributed by atoms with Crippen LogP contribution < -0.4 is 5.73 Å². The standard InChI is InChI=1S/C12H23NO3/c1-12(2,3)16-11(15)8-5-4-6-10(14)9(13)7-8/h8-10,14H,4-7,13H2,1-3H3/t8?,9-,10-/m0/s1. The first-order chi connectivity index (χ1) is 7.29. The second-order valence-electron chi connectivity index (χ2n) is 5.63. The SMILES string of the molecule is CC(C)(C)OC(=O)C1CCC[C@H](O)[C@@H](N)C1. The first-order valence-electron chi connectivity index (χ1n) is 5.96. The van der Waals surface area contributed by atoms with E-state index in [4.69, 9.17) is 10.5 Å². The summed E-state index contributed by atoms with van der Waals surface area (Å²) in [5.41, 5.74) is 5.36. The van der Waals surface area contributed by atoms with E-state index in [0.717, 1.165) is 12.8 Å². The third kappa shape index (κ3) is 4.10. The number of hydrogen-bond donors (Lipinski definition) is 2. The molecule has 4 nitrogen and oxygen atoms in total. The molecule has 3 atom stereocenters. The fraction of sp³-hybridized carbons (Fsp3) is 0.917. The van der Waals surface area contributed by atoms with Crippen LogP contribution in [0.25, 0.3) is 0 Å². The van der Waals surface area contributed by atoms with Crippen LogP contribution in [0.15, 0.2) is 0 Å². The monoisotopic (exact) mass is 229 g/mol. The average molecular weight is 229 g/mol. The molecule has 3 N–H and O–H groups in total. The molecule has 94 valence electrons. The molecule has 1 unspecified atom stereocenters. The van der Waals surface area contributed by atoms with E-state index in [9.17, 15) is 9.90 Å². The minimum absolute atomic E-state index is 0.161. The second kappa shape index (κ2) is 5.15. The van der Waals surface area contributed by atoms with Crippen molar-refractivity contribution in [1.29, 1.82) is 0 Å². The Morgan fingerprint density at radius 2 is 2.00 bits per heavy atom. The molecule has 0 saturated heterocycles. The molecule has 1 saturated carbocycles. The topological polar surface area (TPSA) is 72.5 Å². The quantitative estimate of drug-likeness (QED) is 0.523. The number of ether oxygens (including phenoxy) is 1. The summed E-state index contributed by atoms with van der Waals surface area (Å²) in [5, 5.41) is 9.61. The van der Waals surface area contributed by atoms with Crippen LogP contribution in [0.2, 0.25) is 0 Å². The van der Waals surface area contributed by atoms with Gasteiger partial charge in [0.15, 0.2) is 0 Å². The average Bonchev–Trinajstić information content (AvgIpc) is 2.27. The molecule has 0 aromatic carbocycles. The van der Waals surface area contributed by atoms with Gasteiger partial charge in [-0.3, -0.25) is 4.79 Å². The van der Waals surface area contributed by atoms with Crippen molar-refractivity contribution in [3.63, 3.8) is 0 Å². The van der Waals surface area contributed by atoms with E-state index in [2.05, 4.69) is 0 Å². The van der Waals surface area contributed by atoms with Crippen LogP contribution in [0.5, 0.6) is 0 Å². The molecule has 0 heterocycles. The summed E-state index contributed by atoms with van der Waals surface area (Å²) in [6.45, 7) is 5.57. The van der Waals surface area contributed by atoms with E-state index < -0.39 is 11.7 Å². The molecule has 0 radical (unpaired) electrons. The van der Waals surface area contributed by atoms with Gasteiger partial charge in [0.05, 0.1) is 12.0 Å². The molecular weight excluding hydrogens is 206 g/mol. The van der Waals surface area contributed by atoms with Gasteiger partial charge < -0.3 is 15.6 Å². The number of carbonyl (C=O) groups excluding carboxylic acids is 1. The predicted molar refractivity (Wildman–Crippen MR) is 61.8 cm³/mol. The van der Waals surface area contributed by atoms with Crippen molar-refractivity contribution in [2.45, 2.75) is 64.2 Å². The fourth-order valence-corrected chi connectivity index (χ4v) is 1.99. The van der Waals surface area contributed by atoms with E-state index in [1.807, 2.05) is 20.8 Å². The molecule has 0 spiro atoms. The summed E-state index contributed by atoms with van der Waals surface area (Å²) in [5.74, 6) is -0.344. The molecule has 0 aliphatic heterocycles. The van der Waals surface area contributed by atoms with Crippen molar-refractivity contribution in [1.82, 2.24) is 0 Å². The lowest BCUT2D eigenvalue weighted by Gasteiger charge is -2.24. The van der Waals surface area contributed by atoms with Crippen LogP contribution in [0.1, 0.15) is 46.5 Å². The molecule has 0 bridgehead atoms. The zero-order valence-electron chi connectivity index (χ0n) is 10.4. The van der Waals surface area contributed by atoms with Gasteiger partial charge in [0, 0.05) is 6.04 Å². The Kier molecular flexibility index (Phi) is 4.33. The summed E-state index contributed by atoms with van der Waals surface area (Å²) < 4.78 is 5.34. The number of hydrogen-bond acceptors (Lipinski definition) is 4. The molecule has 16 heavy (non-hydrogen) atoms. The number of esters is 1. The molecule has 1 aliphatic rings. The van der Waals surface area contributed by atoms with E-state index >= 15 is 0 Å². The van der Waals surface area contributed by atoms with E-state index in [1.54, 1.807) is 0 Å². The van der Waals surface area contributed by atoms with Gasteiger partial charge in [-0.15, -0.1) is 0 Å². The molecule has 1 fully saturated rings. The lowest BCUT2D eigenvalue weighted by Crippen LogP contribution is -2.37. The van der Waals surface area contributed by atoms with Gasteiger partial charge in [0.1, 0.15) is 5.60 Å². The first-order valence-corrected chi connectivity index (χ1v) is 5.96. The maximum atomic E-state index is 11.9. The molecule has 0 aromatic heterocycles. The molecule has 1 aliphatic carbocycles. The number of aliphatic hydroxyl groups is 1. The van der Waals surface area contributed by atoms with Crippen LogP contribution in [-0.4, -0.2) is 28.8 Å². The van der Waals surface area contributed by atoms with Crippen molar-refractivity contribution >= 4 is 5.97 Å². The van der Waals surface area contributed by atoms with Crippen molar-refractivity contribution in [3.8, 4) is 0 Å². The Morgan fingerprint density at radius 1 is 1.38 bits per heavy atom. The number of nitrogens with two attached hydrogens (primary N) is 1. The Morgan fingerprint density at radius 3 is 2.56 bits per heavy atom. The number of aliphatic hydroxyl groups excluding tert-OH is 1. The van der Waals surface area contributed by atoms with Gasteiger partial charge in [-0.25, -0.2) is 0 Å². The molecule has 0 aromatic rings. The normalized spacial score (nSPS) is 31.9. The summed E-state index contributed by atoms with van der Waals surface area (Å²) in [6, 6.07) is -0.306. The summed E-state index contributed by atoms with van der Waals surface area (Å²) in [7, 11) is 0. The Labute approximate surface area is 97.2 Å². The minimum Gasteiger partial charge on any atom is -0.460 e. The van der Waals surface area contributed by atoms with Crippen LogP contribution in [0.4, 0.5) is 0 Å². The first kappa shape index (κ1) is 13.5. The minimum atomic E-state index is -0.479. The summed E-state index contributed by atoms with van der Waals surface area (Å²) >= 11 is 0. The van der Waals surface area contributed by atoms with E-state index in [0.29, 0.717) is 12.8 Å². The van der Waals surface area contributed by atoms with Crippen molar-refractivity contribution < 1.29 is 14.6 Å². The highest BCUT2D eigenvalue weighted by Crippen LogP contribution is 2.25. The third-order valence-corrected chi connectivity index (χ3v) is 2.84. The fourth-order valence-electron chi connectivity index (χ4n) is 1.99. The molecule has 4 heteroatoms. The third-order valence-electron chi connectivity index (χ3n) is 2.84. The van der Waals surface area contributed by atoms with Crippen molar-refractivity contribution in [2.75, 3.05) is 0 Å². The lowest BCUT2D eigenvalue weighted by molar-refractivity contribution is -0.160. The van der Waals surface area contributed by atoms with Crippen molar-refractivity contribution in [2.24, 2.45) is 11.7 Å². The van der Waals surface area contributed by atoms with Crippen molar-refractivity contribution in [3.05, 3.63) is 0 Å². The number of carbonyl (C=O) groups is 1. The highest BCUT2D eigenvalue weighted by atomic mass is 16.6. The second-order valence-corrected chi connectivity index (χ2v) is 5.63. The molecule has 1 rings (SSSR count). The summed E-state index contributed by atoms with van der Waals surface area (Å²) in [6.07, 6.45) is 2.32. The Balaban J connectivity index is 2.56. The smallest absolute Gasteiger partial charge is 0.309 e.